The molecule has 0 radical (unpaired) electrons. The molecule has 2 aromatic rings. The second-order valence-electron chi connectivity index (χ2n) is 5.59. The summed E-state index contributed by atoms with van der Waals surface area (Å²) < 4.78 is 5.92. The van der Waals surface area contributed by atoms with Crippen molar-refractivity contribution in [3.8, 4) is 0 Å². The summed E-state index contributed by atoms with van der Waals surface area (Å²) in [5.74, 6) is 1.27. The molecule has 2 heterocycles. The summed E-state index contributed by atoms with van der Waals surface area (Å²) >= 11 is 0. The molecular formula is C15H21N5O3. The van der Waals surface area contributed by atoms with Gasteiger partial charge < -0.3 is 20.4 Å². The zero-order chi connectivity index (χ0) is 17.0. The Balaban J connectivity index is 2.35. The molecule has 8 heteroatoms. The molecule has 0 saturated heterocycles. The number of nitrogens with zero attached hydrogens (tertiary/aromatic N) is 1. The number of ether oxygens (including phenoxy) is 1. The quantitative estimate of drug-likeness (QED) is 0.587. The van der Waals surface area contributed by atoms with E-state index in [1.165, 1.54) is 6.20 Å². The van der Waals surface area contributed by atoms with Crippen LogP contribution in [-0.4, -0.2) is 26.0 Å². The highest BCUT2D eigenvalue weighted by Crippen LogP contribution is 2.21. The molecule has 23 heavy (non-hydrogen) atoms. The van der Waals surface area contributed by atoms with E-state index in [1.807, 2.05) is 20.8 Å². The molecule has 0 saturated carbocycles. The largest absolute Gasteiger partial charge is 0.487 e. The molecule has 0 fully saturated rings. The van der Waals surface area contributed by atoms with Crippen molar-refractivity contribution in [2.75, 3.05) is 0 Å². The molecule has 5 N–H and O–H groups in total. The smallest absolute Gasteiger partial charge is 0.325 e. The second-order valence-corrected chi connectivity index (χ2v) is 5.59. The molecular weight excluding hydrogens is 298 g/mol. The molecule has 0 aliphatic rings. The summed E-state index contributed by atoms with van der Waals surface area (Å²) in [5.41, 5.74) is 5.18. The van der Waals surface area contributed by atoms with Gasteiger partial charge in [0.1, 0.15) is 0 Å². The van der Waals surface area contributed by atoms with E-state index in [0.717, 1.165) is 0 Å². The highest BCUT2D eigenvalue weighted by molar-refractivity contribution is 5.54. The van der Waals surface area contributed by atoms with Gasteiger partial charge in [-0.3, -0.25) is 9.78 Å². The van der Waals surface area contributed by atoms with E-state index < -0.39 is 17.3 Å². The number of H-pyrrole nitrogens is 3. The van der Waals surface area contributed by atoms with Crippen molar-refractivity contribution in [3.05, 3.63) is 56.9 Å². The fourth-order valence-electron chi connectivity index (χ4n) is 1.83. The number of imidazole rings is 1. The van der Waals surface area contributed by atoms with Crippen molar-refractivity contribution >= 4 is 5.76 Å². The highest BCUT2D eigenvalue weighted by atomic mass is 16.5. The van der Waals surface area contributed by atoms with Crippen molar-refractivity contribution in [2.45, 2.75) is 32.9 Å². The Kier molecular flexibility index (Phi) is 5.17. The van der Waals surface area contributed by atoms with Crippen molar-refractivity contribution in [1.82, 2.24) is 19.9 Å². The Morgan fingerprint density at radius 1 is 1.30 bits per heavy atom. The first-order valence-electron chi connectivity index (χ1n) is 7.34. The third-order valence-corrected chi connectivity index (χ3v) is 3.52. The first kappa shape index (κ1) is 16.8. The summed E-state index contributed by atoms with van der Waals surface area (Å²) in [7, 11) is 0. The van der Waals surface area contributed by atoms with Crippen LogP contribution in [0.25, 0.3) is 5.76 Å². The van der Waals surface area contributed by atoms with Crippen LogP contribution in [0.4, 0.5) is 0 Å². The van der Waals surface area contributed by atoms with Gasteiger partial charge in [-0.15, -0.1) is 0 Å². The number of nitrogens with one attached hydrogen (secondary N) is 3. The van der Waals surface area contributed by atoms with Crippen LogP contribution in [0.15, 0.2) is 34.3 Å². The molecule has 0 aliphatic heterocycles. The topological polar surface area (TPSA) is 130 Å². The Morgan fingerprint density at radius 3 is 2.61 bits per heavy atom. The molecule has 0 aliphatic carbocycles. The van der Waals surface area contributed by atoms with E-state index in [0.29, 0.717) is 17.5 Å². The summed E-state index contributed by atoms with van der Waals surface area (Å²) in [5, 5.41) is 0. The number of aromatic amines is 3. The Morgan fingerprint density at radius 2 is 2.04 bits per heavy atom. The average Bonchev–Trinajstić information content (AvgIpc) is 3.00. The van der Waals surface area contributed by atoms with Crippen molar-refractivity contribution in [3.63, 3.8) is 0 Å². The van der Waals surface area contributed by atoms with E-state index in [1.54, 1.807) is 18.5 Å². The van der Waals surface area contributed by atoms with Crippen LogP contribution in [0.3, 0.4) is 0 Å². The van der Waals surface area contributed by atoms with Crippen LogP contribution in [0.5, 0.6) is 0 Å². The van der Waals surface area contributed by atoms with Crippen LogP contribution in [0.2, 0.25) is 0 Å². The molecule has 0 aromatic carbocycles. The average molecular weight is 319 g/mol. The first-order chi connectivity index (χ1) is 10.9. The van der Waals surface area contributed by atoms with Gasteiger partial charge in [-0.2, -0.15) is 0 Å². The standard InChI is InChI=1S/C15H21N5O3/c1-8(2)9(3)23-12(13-17-4-5-18-13)6-11(16)10-7-19-15(22)20-14(10)21/h4-9,11H,16H2,1-3H3,(H,17,18)(H2,19,20,21,22)/b12-6+. The number of rotatable bonds is 6. The van der Waals surface area contributed by atoms with Gasteiger partial charge in [0.25, 0.3) is 5.56 Å². The van der Waals surface area contributed by atoms with E-state index in [-0.39, 0.29) is 11.7 Å². The predicted molar refractivity (Wildman–Crippen MR) is 86.6 cm³/mol. The molecule has 2 rings (SSSR count). The lowest BCUT2D eigenvalue weighted by Gasteiger charge is -2.20. The summed E-state index contributed by atoms with van der Waals surface area (Å²) in [6.07, 6.45) is 6.11. The van der Waals surface area contributed by atoms with E-state index in [4.69, 9.17) is 10.5 Å². The number of hydrogen-bond donors (Lipinski definition) is 4. The number of aromatic nitrogens is 4. The molecule has 124 valence electrons. The SMILES string of the molecule is CC(C)C(C)O/C(=C/C(N)c1c[nH]c(=O)[nH]c1=O)c1ncc[nH]1. The third kappa shape index (κ3) is 4.19. The summed E-state index contributed by atoms with van der Waals surface area (Å²) in [4.78, 5) is 34.6. The lowest BCUT2D eigenvalue weighted by Crippen LogP contribution is -2.28. The van der Waals surface area contributed by atoms with E-state index in [9.17, 15) is 9.59 Å². The minimum absolute atomic E-state index is 0.0626. The lowest BCUT2D eigenvalue weighted by molar-refractivity contribution is 0.136. The summed E-state index contributed by atoms with van der Waals surface area (Å²) in [6, 6.07) is -0.755. The third-order valence-electron chi connectivity index (χ3n) is 3.52. The normalized spacial score (nSPS) is 14.7. The molecule has 2 aromatic heterocycles. The van der Waals surface area contributed by atoms with Gasteiger partial charge in [-0.1, -0.05) is 13.8 Å². The monoisotopic (exact) mass is 319 g/mol. The van der Waals surface area contributed by atoms with Crippen LogP contribution >= 0.6 is 0 Å². The lowest BCUT2D eigenvalue weighted by atomic mass is 10.1. The molecule has 8 nitrogen and oxygen atoms in total. The van der Waals surface area contributed by atoms with Gasteiger partial charge in [-0.25, -0.2) is 9.78 Å². The summed E-state index contributed by atoms with van der Waals surface area (Å²) in [6.45, 7) is 6.02. The van der Waals surface area contributed by atoms with Gasteiger partial charge in [0.15, 0.2) is 11.6 Å². The zero-order valence-electron chi connectivity index (χ0n) is 13.3. The Labute approximate surface area is 132 Å². The Hall–Kier alpha value is -2.61. The molecule has 2 unspecified atom stereocenters. The van der Waals surface area contributed by atoms with Gasteiger partial charge >= 0.3 is 5.69 Å². The predicted octanol–water partition coefficient (Wildman–Crippen LogP) is 0.888. The van der Waals surface area contributed by atoms with Crippen LogP contribution < -0.4 is 17.0 Å². The van der Waals surface area contributed by atoms with E-state index >= 15 is 0 Å². The van der Waals surface area contributed by atoms with Gasteiger partial charge in [-0.05, 0) is 18.9 Å². The Bertz CT molecular complexity index is 773. The van der Waals surface area contributed by atoms with Gasteiger partial charge in [0, 0.05) is 18.6 Å². The van der Waals surface area contributed by atoms with Crippen molar-refractivity contribution < 1.29 is 4.74 Å². The van der Waals surface area contributed by atoms with Crippen LogP contribution in [-0.2, 0) is 4.74 Å². The maximum absolute atomic E-state index is 11.8. The van der Waals surface area contributed by atoms with E-state index in [2.05, 4.69) is 19.9 Å². The molecule has 0 spiro atoms. The first-order valence-corrected chi connectivity index (χ1v) is 7.34. The highest BCUT2D eigenvalue weighted by Gasteiger charge is 2.17. The maximum Gasteiger partial charge on any atom is 0.325 e. The van der Waals surface area contributed by atoms with Crippen molar-refractivity contribution in [1.29, 1.82) is 0 Å². The second kappa shape index (κ2) is 7.10. The van der Waals surface area contributed by atoms with Crippen LogP contribution in [0.1, 0.15) is 38.2 Å². The number of hydrogen-bond acceptors (Lipinski definition) is 5. The minimum atomic E-state index is -0.755. The molecule has 0 amide bonds. The maximum atomic E-state index is 11.8. The fraction of sp³-hybridized carbons (Fsp3) is 0.400. The number of nitrogens with two attached hydrogens (primary N) is 1. The minimum Gasteiger partial charge on any atom is -0.487 e. The van der Waals surface area contributed by atoms with Gasteiger partial charge in [0.05, 0.1) is 17.7 Å². The molecule has 2 atom stereocenters. The van der Waals surface area contributed by atoms with Gasteiger partial charge in [0.2, 0.25) is 0 Å². The zero-order valence-corrected chi connectivity index (χ0v) is 13.3. The van der Waals surface area contributed by atoms with Crippen molar-refractivity contribution in [2.24, 2.45) is 11.7 Å². The van der Waals surface area contributed by atoms with Crippen LogP contribution in [0, 0.1) is 5.92 Å². The fourth-order valence-corrected chi connectivity index (χ4v) is 1.83. The molecule has 0 bridgehead atoms.